The maximum atomic E-state index is 12.6. The van der Waals surface area contributed by atoms with Gasteiger partial charge >= 0.3 is 0 Å². The van der Waals surface area contributed by atoms with Crippen molar-refractivity contribution < 1.29 is 9.59 Å². The standard InChI is InChI=1S/C22H20N6O2S2/c23-28-20(29)9-7-17-6-8-19(32-17)21(30)25-15-4-1-5-16(11-15)26-22-27-18(13-31-22)14-3-2-10-24-12-14/h1-10,12-13,16H,11,23H2,(H,25,30)(H,26,27)(H,28,29)/b9-7+. The number of thiophene rings is 1. The topological polar surface area (TPSA) is 122 Å². The van der Waals surface area contributed by atoms with Gasteiger partial charge in [-0.15, -0.1) is 22.7 Å². The molecule has 1 aliphatic carbocycles. The highest BCUT2D eigenvalue weighted by molar-refractivity contribution is 7.15. The van der Waals surface area contributed by atoms with E-state index in [1.807, 2.05) is 41.2 Å². The van der Waals surface area contributed by atoms with Gasteiger partial charge in [-0.05, 0) is 36.4 Å². The molecule has 3 aromatic rings. The Balaban J connectivity index is 1.33. The van der Waals surface area contributed by atoms with E-state index in [0.29, 0.717) is 11.3 Å². The van der Waals surface area contributed by atoms with Crippen LogP contribution in [0.15, 0.2) is 72.0 Å². The molecule has 4 rings (SSSR count). The highest BCUT2D eigenvalue weighted by Crippen LogP contribution is 2.26. The maximum absolute atomic E-state index is 12.6. The van der Waals surface area contributed by atoms with E-state index in [1.165, 1.54) is 28.7 Å². The highest BCUT2D eigenvalue weighted by Gasteiger charge is 2.17. The summed E-state index contributed by atoms with van der Waals surface area (Å²) in [5, 5.41) is 9.17. The van der Waals surface area contributed by atoms with Gasteiger partial charge in [-0.3, -0.25) is 20.0 Å². The van der Waals surface area contributed by atoms with Crippen LogP contribution in [0, 0.1) is 0 Å². The molecule has 162 valence electrons. The number of nitrogens with one attached hydrogen (secondary N) is 3. The first-order valence-electron chi connectivity index (χ1n) is 9.70. The van der Waals surface area contributed by atoms with Gasteiger partial charge in [0.1, 0.15) is 0 Å². The van der Waals surface area contributed by atoms with E-state index in [1.54, 1.807) is 30.6 Å². The van der Waals surface area contributed by atoms with Gasteiger partial charge in [0, 0.05) is 46.4 Å². The summed E-state index contributed by atoms with van der Waals surface area (Å²) in [6, 6.07) is 7.38. The molecule has 0 radical (unpaired) electrons. The summed E-state index contributed by atoms with van der Waals surface area (Å²) in [5.74, 6) is 4.45. The van der Waals surface area contributed by atoms with Crippen molar-refractivity contribution in [1.82, 2.24) is 20.7 Å². The number of allylic oxidation sites excluding steroid dienone is 2. The molecule has 0 fully saturated rings. The predicted octanol–water partition coefficient (Wildman–Crippen LogP) is 3.32. The monoisotopic (exact) mass is 464 g/mol. The maximum Gasteiger partial charge on any atom is 0.265 e. The zero-order chi connectivity index (χ0) is 22.3. The fourth-order valence-electron chi connectivity index (χ4n) is 2.99. The first-order chi connectivity index (χ1) is 15.6. The van der Waals surface area contributed by atoms with E-state index < -0.39 is 5.91 Å². The molecule has 0 saturated heterocycles. The van der Waals surface area contributed by atoms with Crippen molar-refractivity contribution in [3.8, 4) is 11.3 Å². The van der Waals surface area contributed by atoms with E-state index in [-0.39, 0.29) is 11.9 Å². The number of anilines is 1. The number of nitrogens with zero attached hydrogens (tertiary/aromatic N) is 2. The quantitative estimate of drug-likeness (QED) is 0.184. The highest BCUT2D eigenvalue weighted by atomic mass is 32.1. The molecule has 5 N–H and O–H groups in total. The summed E-state index contributed by atoms with van der Waals surface area (Å²) >= 11 is 2.82. The van der Waals surface area contributed by atoms with Crippen LogP contribution in [0.4, 0.5) is 5.13 Å². The fourth-order valence-corrected chi connectivity index (χ4v) is 4.58. The summed E-state index contributed by atoms with van der Waals surface area (Å²) in [6.07, 6.45) is 12.9. The van der Waals surface area contributed by atoms with Crippen LogP contribution in [0.1, 0.15) is 21.0 Å². The van der Waals surface area contributed by atoms with Crippen molar-refractivity contribution in [3.05, 3.63) is 81.8 Å². The number of carbonyl (C=O) groups excluding carboxylic acids is 2. The number of hydrogen-bond donors (Lipinski definition) is 4. The number of thiazole rings is 1. The average Bonchev–Trinajstić information content (AvgIpc) is 3.48. The van der Waals surface area contributed by atoms with Gasteiger partial charge in [-0.25, -0.2) is 10.8 Å². The van der Waals surface area contributed by atoms with E-state index in [9.17, 15) is 9.59 Å². The van der Waals surface area contributed by atoms with Gasteiger partial charge in [0.15, 0.2) is 5.13 Å². The minimum absolute atomic E-state index is 0.0137. The van der Waals surface area contributed by atoms with Crippen LogP contribution in [-0.4, -0.2) is 27.8 Å². The van der Waals surface area contributed by atoms with Crippen LogP contribution >= 0.6 is 22.7 Å². The number of rotatable bonds is 7. The van der Waals surface area contributed by atoms with Crippen LogP contribution in [-0.2, 0) is 4.79 Å². The molecular weight excluding hydrogens is 444 g/mol. The molecule has 8 nitrogen and oxygen atoms in total. The number of nitrogens with two attached hydrogens (primary N) is 1. The van der Waals surface area contributed by atoms with E-state index >= 15 is 0 Å². The number of hydrogen-bond acceptors (Lipinski definition) is 8. The molecule has 1 unspecified atom stereocenters. The SMILES string of the molecule is NNC(=O)/C=C/c1ccc(C(=O)NC2=CC=CC(Nc3nc(-c4cccnc4)cs3)C2)s1. The van der Waals surface area contributed by atoms with Crippen LogP contribution in [0.2, 0.25) is 0 Å². The first kappa shape index (κ1) is 21.6. The van der Waals surface area contributed by atoms with Crippen molar-refractivity contribution >= 4 is 45.7 Å². The van der Waals surface area contributed by atoms with Crippen LogP contribution in [0.3, 0.4) is 0 Å². The number of aromatic nitrogens is 2. The zero-order valence-electron chi connectivity index (χ0n) is 16.8. The van der Waals surface area contributed by atoms with Crippen molar-refractivity contribution in [1.29, 1.82) is 0 Å². The molecule has 0 aliphatic heterocycles. The predicted molar refractivity (Wildman–Crippen MR) is 128 cm³/mol. The lowest BCUT2D eigenvalue weighted by Crippen LogP contribution is -2.28. The van der Waals surface area contributed by atoms with Crippen LogP contribution in [0.5, 0.6) is 0 Å². The van der Waals surface area contributed by atoms with Gasteiger partial charge < -0.3 is 10.6 Å². The smallest absolute Gasteiger partial charge is 0.265 e. The zero-order valence-corrected chi connectivity index (χ0v) is 18.5. The Morgan fingerprint density at radius 1 is 1.25 bits per heavy atom. The lowest BCUT2D eigenvalue weighted by atomic mass is 10.1. The summed E-state index contributed by atoms with van der Waals surface area (Å²) in [5.41, 5.74) is 4.68. The van der Waals surface area contributed by atoms with Gasteiger partial charge in [-0.1, -0.05) is 12.2 Å². The molecular formula is C22H20N6O2S2. The van der Waals surface area contributed by atoms with E-state index in [0.717, 1.165) is 27.0 Å². The summed E-state index contributed by atoms with van der Waals surface area (Å²) in [4.78, 5) is 33.9. The Bertz CT molecular complexity index is 1200. The summed E-state index contributed by atoms with van der Waals surface area (Å²) < 4.78 is 0. The molecule has 10 heteroatoms. The average molecular weight is 465 g/mol. The van der Waals surface area contributed by atoms with E-state index in [4.69, 9.17) is 5.84 Å². The van der Waals surface area contributed by atoms with Gasteiger partial charge in [0.25, 0.3) is 11.8 Å². The molecule has 0 bridgehead atoms. The Morgan fingerprint density at radius 2 is 2.16 bits per heavy atom. The molecule has 1 aliphatic rings. The Kier molecular flexibility index (Phi) is 6.85. The molecule has 0 spiro atoms. The molecule has 3 heterocycles. The number of amides is 2. The number of pyridine rings is 1. The summed E-state index contributed by atoms with van der Waals surface area (Å²) in [6.45, 7) is 0. The van der Waals surface area contributed by atoms with Crippen molar-refractivity contribution in [2.45, 2.75) is 12.5 Å². The van der Waals surface area contributed by atoms with Gasteiger partial charge in [-0.2, -0.15) is 0 Å². The third-order valence-corrected chi connectivity index (χ3v) is 6.34. The molecule has 0 aromatic carbocycles. The van der Waals surface area contributed by atoms with Crippen molar-refractivity contribution in [2.75, 3.05) is 5.32 Å². The van der Waals surface area contributed by atoms with Crippen molar-refractivity contribution in [3.63, 3.8) is 0 Å². The minimum atomic E-state index is -0.408. The largest absolute Gasteiger partial charge is 0.355 e. The molecule has 1 atom stereocenters. The number of hydrazine groups is 1. The van der Waals surface area contributed by atoms with Crippen LogP contribution in [0.25, 0.3) is 17.3 Å². The van der Waals surface area contributed by atoms with Crippen LogP contribution < -0.4 is 21.9 Å². The fraction of sp³-hybridized carbons (Fsp3) is 0.0909. The summed E-state index contributed by atoms with van der Waals surface area (Å²) in [7, 11) is 0. The molecule has 0 saturated carbocycles. The first-order valence-corrected chi connectivity index (χ1v) is 11.4. The van der Waals surface area contributed by atoms with E-state index in [2.05, 4.69) is 20.6 Å². The second-order valence-electron chi connectivity index (χ2n) is 6.81. The Labute approximate surface area is 192 Å². The number of carbonyl (C=O) groups is 2. The molecule has 32 heavy (non-hydrogen) atoms. The van der Waals surface area contributed by atoms with Gasteiger partial charge in [0.2, 0.25) is 0 Å². The van der Waals surface area contributed by atoms with Gasteiger partial charge in [0.05, 0.1) is 16.6 Å². The third kappa shape index (κ3) is 5.55. The minimum Gasteiger partial charge on any atom is -0.355 e. The molecule has 3 aromatic heterocycles. The second-order valence-corrected chi connectivity index (χ2v) is 8.78. The third-order valence-electron chi connectivity index (χ3n) is 4.52. The Morgan fingerprint density at radius 3 is 2.97 bits per heavy atom. The lowest BCUT2D eigenvalue weighted by molar-refractivity contribution is -0.116. The van der Waals surface area contributed by atoms with Crippen molar-refractivity contribution in [2.24, 2.45) is 5.84 Å². The lowest BCUT2D eigenvalue weighted by Gasteiger charge is -2.19. The normalized spacial score (nSPS) is 15.4. The second kappa shape index (κ2) is 10.1. The molecule has 2 amide bonds. The Hall–Kier alpha value is -3.60.